The Bertz CT molecular complexity index is 884. The van der Waals surface area contributed by atoms with E-state index in [2.05, 4.69) is 26.1 Å². The molecule has 2 aromatic rings. The number of thiophene rings is 1. The second kappa shape index (κ2) is 8.13. The maximum Gasteiger partial charge on any atom is 0.262 e. The van der Waals surface area contributed by atoms with Crippen LogP contribution in [0.1, 0.15) is 48.0 Å². The number of carbonyl (C=O) groups excluding carboxylic acids is 2. The Morgan fingerprint density at radius 2 is 1.96 bits per heavy atom. The predicted molar refractivity (Wildman–Crippen MR) is 113 cm³/mol. The van der Waals surface area contributed by atoms with Crippen LogP contribution >= 0.6 is 22.9 Å². The standard InChI is InChI=1S/C21H25ClN2O3S/c1-21(2,3)12-4-9-15-16(10-12)28-20(18(15)19(23)26)24-17(25)11-27-14-7-5-13(22)6-8-14/h5-8,12H,4,9-11H2,1-3H3,(H2,23,26)(H,24,25)/t12-/m1/s1. The molecule has 0 unspecified atom stereocenters. The molecule has 3 N–H and O–H groups in total. The number of hydrogen-bond acceptors (Lipinski definition) is 4. The van der Waals surface area contributed by atoms with Gasteiger partial charge in [0.15, 0.2) is 6.61 Å². The van der Waals surface area contributed by atoms with E-state index in [0.717, 1.165) is 29.7 Å². The molecule has 0 aliphatic heterocycles. The van der Waals surface area contributed by atoms with E-state index in [1.165, 1.54) is 11.3 Å². The van der Waals surface area contributed by atoms with E-state index < -0.39 is 5.91 Å². The first-order valence-electron chi connectivity index (χ1n) is 9.27. The molecule has 1 atom stereocenters. The zero-order valence-corrected chi connectivity index (χ0v) is 17.9. The molecule has 0 spiro atoms. The summed E-state index contributed by atoms with van der Waals surface area (Å²) in [5.74, 6) is 0.258. The molecular formula is C21H25ClN2O3S. The smallest absolute Gasteiger partial charge is 0.262 e. The number of nitrogens with one attached hydrogen (secondary N) is 1. The van der Waals surface area contributed by atoms with Crippen molar-refractivity contribution < 1.29 is 14.3 Å². The van der Waals surface area contributed by atoms with Gasteiger partial charge in [0.05, 0.1) is 5.56 Å². The van der Waals surface area contributed by atoms with Gasteiger partial charge in [-0.2, -0.15) is 0 Å². The Hall–Kier alpha value is -2.05. The van der Waals surface area contributed by atoms with Crippen LogP contribution in [0, 0.1) is 11.3 Å². The van der Waals surface area contributed by atoms with E-state index in [0.29, 0.717) is 27.3 Å². The van der Waals surface area contributed by atoms with Gasteiger partial charge in [-0.15, -0.1) is 11.3 Å². The van der Waals surface area contributed by atoms with Crippen molar-refractivity contribution >= 4 is 39.8 Å². The quantitative estimate of drug-likeness (QED) is 0.737. The first-order chi connectivity index (χ1) is 13.1. The Labute approximate surface area is 174 Å². The predicted octanol–water partition coefficient (Wildman–Crippen LogP) is 4.67. The molecule has 3 rings (SSSR count). The van der Waals surface area contributed by atoms with Gasteiger partial charge >= 0.3 is 0 Å². The first-order valence-corrected chi connectivity index (χ1v) is 10.5. The van der Waals surface area contributed by atoms with Gasteiger partial charge in [0.1, 0.15) is 10.8 Å². The van der Waals surface area contributed by atoms with E-state index in [1.807, 2.05) is 0 Å². The minimum Gasteiger partial charge on any atom is -0.484 e. The topological polar surface area (TPSA) is 81.4 Å². The van der Waals surface area contributed by atoms with Crippen molar-refractivity contribution in [3.63, 3.8) is 0 Å². The van der Waals surface area contributed by atoms with Crippen LogP contribution in [0.15, 0.2) is 24.3 Å². The van der Waals surface area contributed by atoms with Crippen LogP contribution < -0.4 is 15.8 Å². The minimum atomic E-state index is -0.499. The van der Waals surface area contributed by atoms with Crippen molar-refractivity contribution in [2.24, 2.45) is 17.1 Å². The highest BCUT2D eigenvalue weighted by molar-refractivity contribution is 7.17. The Morgan fingerprint density at radius 3 is 2.57 bits per heavy atom. The number of primary amides is 1. The van der Waals surface area contributed by atoms with Gasteiger partial charge in [0.25, 0.3) is 11.8 Å². The molecule has 7 heteroatoms. The Morgan fingerprint density at radius 1 is 1.29 bits per heavy atom. The fourth-order valence-electron chi connectivity index (χ4n) is 3.52. The van der Waals surface area contributed by atoms with Crippen LogP contribution in [0.25, 0.3) is 0 Å². The van der Waals surface area contributed by atoms with Crippen molar-refractivity contribution in [1.29, 1.82) is 0 Å². The first kappa shape index (κ1) is 20.7. The summed E-state index contributed by atoms with van der Waals surface area (Å²) < 4.78 is 5.48. The number of ether oxygens (including phenoxy) is 1. The summed E-state index contributed by atoms with van der Waals surface area (Å²) in [5, 5.41) is 3.93. The third-order valence-corrected chi connectivity index (χ3v) is 6.59. The number of benzene rings is 1. The van der Waals surface area contributed by atoms with E-state index in [4.69, 9.17) is 22.1 Å². The number of rotatable bonds is 5. The Kier molecular flexibility index (Phi) is 6.01. The molecule has 0 radical (unpaired) electrons. The van der Waals surface area contributed by atoms with Gasteiger partial charge < -0.3 is 15.8 Å². The fraction of sp³-hybridized carbons (Fsp3) is 0.429. The third-order valence-electron chi connectivity index (χ3n) is 5.17. The number of amides is 2. The average Bonchev–Trinajstić information content (AvgIpc) is 2.97. The lowest BCUT2D eigenvalue weighted by Crippen LogP contribution is -2.27. The number of anilines is 1. The van der Waals surface area contributed by atoms with Crippen molar-refractivity contribution in [3.05, 3.63) is 45.3 Å². The molecule has 150 valence electrons. The second-order valence-corrected chi connectivity index (χ2v) is 9.71. The zero-order valence-electron chi connectivity index (χ0n) is 16.3. The molecule has 0 saturated heterocycles. The molecule has 1 aromatic carbocycles. The monoisotopic (exact) mass is 420 g/mol. The van der Waals surface area contributed by atoms with E-state index >= 15 is 0 Å². The molecule has 1 heterocycles. The van der Waals surface area contributed by atoms with Gasteiger partial charge in [-0.05, 0) is 60.4 Å². The summed E-state index contributed by atoms with van der Waals surface area (Å²) in [5.41, 5.74) is 7.27. The number of nitrogens with two attached hydrogens (primary N) is 1. The summed E-state index contributed by atoms with van der Waals surface area (Å²) in [4.78, 5) is 25.6. The molecule has 2 amide bonds. The van der Waals surface area contributed by atoms with E-state index in [9.17, 15) is 9.59 Å². The SMILES string of the molecule is CC(C)(C)[C@@H]1CCc2c(sc(NC(=O)COc3ccc(Cl)cc3)c2C(N)=O)C1. The van der Waals surface area contributed by atoms with Gasteiger partial charge in [0, 0.05) is 9.90 Å². The van der Waals surface area contributed by atoms with Gasteiger partial charge in [0.2, 0.25) is 0 Å². The molecule has 1 aliphatic carbocycles. The highest BCUT2D eigenvalue weighted by atomic mass is 35.5. The number of fused-ring (bicyclic) bond motifs is 1. The maximum absolute atomic E-state index is 12.4. The third kappa shape index (κ3) is 4.67. The van der Waals surface area contributed by atoms with E-state index in [-0.39, 0.29) is 17.9 Å². The maximum atomic E-state index is 12.4. The number of halogens is 1. The molecule has 0 bridgehead atoms. The molecule has 1 aliphatic rings. The number of hydrogen-bond donors (Lipinski definition) is 2. The van der Waals surface area contributed by atoms with Crippen LogP contribution in [0.5, 0.6) is 5.75 Å². The Balaban J connectivity index is 1.73. The highest BCUT2D eigenvalue weighted by Crippen LogP contribution is 2.44. The molecule has 1 aromatic heterocycles. The number of carbonyl (C=O) groups is 2. The molecule has 0 saturated carbocycles. The summed E-state index contributed by atoms with van der Waals surface area (Å²) >= 11 is 7.30. The van der Waals surface area contributed by atoms with Crippen molar-refractivity contribution in [2.75, 3.05) is 11.9 Å². The minimum absolute atomic E-state index is 0.160. The lowest BCUT2D eigenvalue weighted by atomic mass is 9.72. The van der Waals surface area contributed by atoms with Crippen LogP contribution in [0.2, 0.25) is 5.02 Å². The van der Waals surface area contributed by atoms with E-state index in [1.54, 1.807) is 24.3 Å². The van der Waals surface area contributed by atoms with Crippen LogP contribution in [0.4, 0.5) is 5.00 Å². The highest BCUT2D eigenvalue weighted by Gasteiger charge is 2.33. The normalized spacial score (nSPS) is 16.4. The van der Waals surface area contributed by atoms with Gasteiger partial charge in [-0.25, -0.2) is 0 Å². The van der Waals surface area contributed by atoms with Gasteiger partial charge in [-0.3, -0.25) is 9.59 Å². The summed E-state index contributed by atoms with van der Waals surface area (Å²) in [6, 6.07) is 6.78. The lowest BCUT2D eigenvalue weighted by Gasteiger charge is -2.33. The second-order valence-electron chi connectivity index (χ2n) is 8.17. The molecular weight excluding hydrogens is 396 g/mol. The summed E-state index contributed by atoms with van der Waals surface area (Å²) in [6.07, 6.45) is 2.73. The fourth-order valence-corrected chi connectivity index (χ4v) is 4.99. The van der Waals surface area contributed by atoms with Gasteiger partial charge in [-0.1, -0.05) is 32.4 Å². The van der Waals surface area contributed by atoms with Crippen LogP contribution in [-0.4, -0.2) is 18.4 Å². The summed E-state index contributed by atoms with van der Waals surface area (Å²) in [7, 11) is 0. The van der Waals surface area contributed by atoms with Crippen molar-refractivity contribution in [2.45, 2.75) is 40.0 Å². The van der Waals surface area contributed by atoms with Crippen LogP contribution in [0.3, 0.4) is 0 Å². The molecule has 0 fully saturated rings. The van der Waals surface area contributed by atoms with Crippen molar-refractivity contribution in [1.82, 2.24) is 0 Å². The molecule has 28 heavy (non-hydrogen) atoms. The average molecular weight is 421 g/mol. The lowest BCUT2D eigenvalue weighted by molar-refractivity contribution is -0.118. The van der Waals surface area contributed by atoms with Crippen LogP contribution in [-0.2, 0) is 17.6 Å². The largest absolute Gasteiger partial charge is 0.484 e. The summed E-state index contributed by atoms with van der Waals surface area (Å²) in [6.45, 7) is 6.55. The zero-order chi connectivity index (χ0) is 20.5. The molecule has 5 nitrogen and oxygen atoms in total. The van der Waals surface area contributed by atoms with Crippen molar-refractivity contribution in [3.8, 4) is 5.75 Å².